The van der Waals surface area contributed by atoms with Crippen molar-refractivity contribution in [2.24, 2.45) is 0 Å². The van der Waals surface area contributed by atoms with Crippen molar-refractivity contribution in [1.29, 1.82) is 0 Å². The summed E-state index contributed by atoms with van der Waals surface area (Å²) in [6, 6.07) is 27.3. The van der Waals surface area contributed by atoms with Crippen LogP contribution < -0.4 is 11.5 Å². The van der Waals surface area contributed by atoms with Gasteiger partial charge >= 0.3 is 0 Å². The molecule has 0 saturated heterocycles. The molecule has 0 aliphatic rings. The van der Waals surface area contributed by atoms with Crippen molar-refractivity contribution in [1.82, 2.24) is 0 Å². The van der Waals surface area contributed by atoms with Crippen LogP contribution in [0.3, 0.4) is 0 Å². The quantitative estimate of drug-likeness (QED) is 0.276. The second-order valence-electron chi connectivity index (χ2n) is 7.17. The molecular formula is C25H20N2. The molecule has 0 aliphatic heterocycles. The fourth-order valence-electron chi connectivity index (χ4n) is 4.17. The average molecular weight is 348 g/mol. The standard InChI is InChI=1S/C25H20N2/c1-15-6-4-7-16(12-15)17-10-5-11-20-22-13-23(26)19-9-3-2-8-18(19)21(22)14-24(27)25(17)20/h2-14H,26-27H2,1H3. The normalized spacial score (nSPS) is 11.4. The van der Waals surface area contributed by atoms with Gasteiger partial charge in [-0.2, -0.15) is 0 Å². The van der Waals surface area contributed by atoms with Crippen LogP contribution in [0.4, 0.5) is 11.4 Å². The van der Waals surface area contributed by atoms with Gasteiger partial charge in [-0.1, -0.05) is 72.3 Å². The first-order valence-electron chi connectivity index (χ1n) is 9.12. The number of anilines is 2. The van der Waals surface area contributed by atoms with Crippen molar-refractivity contribution >= 4 is 43.7 Å². The summed E-state index contributed by atoms with van der Waals surface area (Å²) in [6.45, 7) is 2.11. The Morgan fingerprint density at radius 2 is 1.22 bits per heavy atom. The fraction of sp³-hybridized carbons (Fsp3) is 0.0400. The fourth-order valence-corrected chi connectivity index (χ4v) is 4.17. The lowest BCUT2D eigenvalue weighted by molar-refractivity contribution is 1.47. The Hall–Kier alpha value is -3.52. The van der Waals surface area contributed by atoms with Gasteiger partial charge in [0.25, 0.3) is 0 Å². The van der Waals surface area contributed by atoms with E-state index in [-0.39, 0.29) is 0 Å². The monoisotopic (exact) mass is 348 g/mol. The van der Waals surface area contributed by atoms with E-state index >= 15 is 0 Å². The van der Waals surface area contributed by atoms with E-state index in [4.69, 9.17) is 11.5 Å². The van der Waals surface area contributed by atoms with Gasteiger partial charge in [0.15, 0.2) is 0 Å². The second-order valence-corrected chi connectivity index (χ2v) is 7.17. The largest absolute Gasteiger partial charge is 0.398 e. The molecule has 0 heterocycles. The summed E-state index contributed by atoms with van der Waals surface area (Å²) in [5, 5.41) is 6.73. The molecule has 5 aromatic carbocycles. The number of nitrogen functional groups attached to an aromatic ring is 2. The summed E-state index contributed by atoms with van der Waals surface area (Å²) in [7, 11) is 0. The molecule has 0 bridgehead atoms. The van der Waals surface area contributed by atoms with Crippen molar-refractivity contribution < 1.29 is 0 Å². The van der Waals surface area contributed by atoms with Gasteiger partial charge in [-0.15, -0.1) is 0 Å². The number of rotatable bonds is 1. The minimum Gasteiger partial charge on any atom is -0.398 e. The van der Waals surface area contributed by atoms with E-state index < -0.39 is 0 Å². The maximum Gasteiger partial charge on any atom is 0.0406 e. The molecule has 4 N–H and O–H groups in total. The molecule has 0 aliphatic carbocycles. The van der Waals surface area contributed by atoms with E-state index in [0.29, 0.717) is 0 Å². The molecule has 2 heteroatoms. The molecule has 5 aromatic rings. The number of hydrogen-bond donors (Lipinski definition) is 2. The van der Waals surface area contributed by atoms with Gasteiger partial charge in [0.05, 0.1) is 0 Å². The summed E-state index contributed by atoms with van der Waals surface area (Å²) >= 11 is 0. The molecule has 0 saturated carbocycles. The molecular weight excluding hydrogens is 328 g/mol. The zero-order valence-corrected chi connectivity index (χ0v) is 15.2. The van der Waals surface area contributed by atoms with Crippen LogP contribution in [0.1, 0.15) is 5.56 Å². The molecule has 0 spiro atoms. The van der Waals surface area contributed by atoms with Crippen LogP contribution in [0, 0.1) is 6.92 Å². The van der Waals surface area contributed by atoms with E-state index in [1.165, 1.54) is 11.1 Å². The van der Waals surface area contributed by atoms with E-state index in [1.54, 1.807) is 0 Å². The van der Waals surface area contributed by atoms with E-state index in [0.717, 1.165) is 49.3 Å². The average Bonchev–Trinajstić information content (AvgIpc) is 2.69. The zero-order valence-electron chi connectivity index (χ0n) is 15.2. The van der Waals surface area contributed by atoms with Gasteiger partial charge in [-0.3, -0.25) is 0 Å². The molecule has 0 amide bonds. The van der Waals surface area contributed by atoms with Gasteiger partial charge in [-0.05, 0) is 51.7 Å². The topological polar surface area (TPSA) is 52.0 Å². The summed E-state index contributed by atoms with van der Waals surface area (Å²) in [4.78, 5) is 0. The van der Waals surface area contributed by atoms with E-state index in [2.05, 4.69) is 73.7 Å². The summed E-state index contributed by atoms with van der Waals surface area (Å²) < 4.78 is 0. The minimum absolute atomic E-state index is 0.796. The van der Waals surface area contributed by atoms with Crippen molar-refractivity contribution in [3.05, 3.63) is 84.4 Å². The minimum atomic E-state index is 0.796. The van der Waals surface area contributed by atoms with Crippen LogP contribution in [0.5, 0.6) is 0 Å². The van der Waals surface area contributed by atoms with Gasteiger partial charge in [0.1, 0.15) is 0 Å². The van der Waals surface area contributed by atoms with Crippen LogP contribution in [0.15, 0.2) is 78.9 Å². The van der Waals surface area contributed by atoms with Crippen LogP contribution in [-0.2, 0) is 0 Å². The van der Waals surface area contributed by atoms with Gasteiger partial charge < -0.3 is 11.5 Å². The highest BCUT2D eigenvalue weighted by Gasteiger charge is 2.13. The predicted octanol–water partition coefficient (Wildman–Crippen LogP) is 6.29. The number of fused-ring (bicyclic) bond motifs is 5. The van der Waals surface area contributed by atoms with Crippen LogP contribution in [-0.4, -0.2) is 0 Å². The Morgan fingerprint density at radius 1 is 0.556 bits per heavy atom. The number of aryl methyl sites for hydroxylation is 1. The van der Waals surface area contributed by atoms with Gasteiger partial charge in [0, 0.05) is 22.1 Å². The number of benzene rings is 5. The highest BCUT2D eigenvalue weighted by Crippen LogP contribution is 2.41. The third kappa shape index (κ3) is 2.34. The molecule has 2 nitrogen and oxygen atoms in total. The maximum absolute atomic E-state index is 6.60. The van der Waals surface area contributed by atoms with E-state index in [9.17, 15) is 0 Å². The molecule has 0 radical (unpaired) electrons. The van der Waals surface area contributed by atoms with Gasteiger partial charge in [0.2, 0.25) is 0 Å². The lowest BCUT2D eigenvalue weighted by Gasteiger charge is -2.15. The zero-order chi connectivity index (χ0) is 18.5. The Morgan fingerprint density at radius 3 is 2.04 bits per heavy atom. The highest BCUT2D eigenvalue weighted by molar-refractivity contribution is 6.24. The summed E-state index contributed by atoms with van der Waals surface area (Å²) in [5.74, 6) is 0. The SMILES string of the molecule is Cc1cccc(-c2cccc3c2c(N)cc2c4ccccc4c(N)cc32)c1. The molecule has 27 heavy (non-hydrogen) atoms. The van der Waals surface area contributed by atoms with Crippen molar-refractivity contribution in [3.63, 3.8) is 0 Å². The summed E-state index contributed by atoms with van der Waals surface area (Å²) in [6.07, 6.45) is 0. The first-order valence-corrected chi connectivity index (χ1v) is 9.12. The predicted molar refractivity (Wildman–Crippen MR) is 118 cm³/mol. The molecule has 0 fully saturated rings. The highest BCUT2D eigenvalue weighted by atomic mass is 14.6. The van der Waals surface area contributed by atoms with Crippen LogP contribution in [0.25, 0.3) is 43.4 Å². The number of hydrogen-bond acceptors (Lipinski definition) is 2. The second kappa shape index (κ2) is 5.75. The Balaban J connectivity index is 1.97. The van der Waals surface area contributed by atoms with Crippen LogP contribution >= 0.6 is 0 Å². The Labute approximate surface area is 158 Å². The lowest BCUT2D eigenvalue weighted by atomic mass is 9.90. The van der Waals surface area contributed by atoms with Crippen LogP contribution in [0.2, 0.25) is 0 Å². The van der Waals surface area contributed by atoms with Crippen molar-refractivity contribution in [2.45, 2.75) is 6.92 Å². The summed E-state index contributed by atoms with van der Waals surface area (Å²) in [5.41, 5.74) is 18.1. The maximum atomic E-state index is 6.60. The first-order chi connectivity index (χ1) is 13.1. The Bertz CT molecular complexity index is 1350. The molecule has 0 atom stereocenters. The molecule has 0 unspecified atom stereocenters. The third-order valence-electron chi connectivity index (χ3n) is 5.39. The van der Waals surface area contributed by atoms with Crippen molar-refractivity contribution in [2.75, 3.05) is 11.5 Å². The third-order valence-corrected chi connectivity index (χ3v) is 5.39. The molecule has 130 valence electrons. The van der Waals surface area contributed by atoms with Gasteiger partial charge in [-0.25, -0.2) is 0 Å². The molecule has 5 rings (SSSR count). The lowest BCUT2D eigenvalue weighted by Crippen LogP contribution is -1.94. The molecule has 0 aromatic heterocycles. The van der Waals surface area contributed by atoms with E-state index in [1.807, 2.05) is 12.1 Å². The Kier molecular flexibility index (Phi) is 3.34. The number of nitrogens with two attached hydrogens (primary N) is 2. The smallest absolute Gasteiger partial charge is 0.0406 e. The van der Waals surface area contributed by atoms with Crippen molar-refractivity contribution in [3.8, 4) is 11.1 Å². The first kappa shape index (κ1) is 15.7.